The lowest BCUT2D eigenvalue weighted by atomic mass is 9.43. The zero-order valence-electron chi connectivity index (χ0n) is 20.9. The van der Waals surface area contributed by atoms with Gasteiger partial charge in [-0.3, -0.25) is 4.79 Å². The van der Waals surface area contributed by atoms with Gasteiger partial charge < -0.3 is 28.8 Å². The molecule has 4 aliphatic carbocycles. The zero-order valence-corrected chi connectivity index (χ0v) is 21.7. The summed E-state index contributed by atoms with van der Waals surface area (Å²) in [7, 11) is 0. The molecule has 0 aromatic carbocycles. The first kappa shape index (κ1) is 23.9. The largest absolute Gasteiger partial charge is 0.481 e. The molecule has 6 aliphatic rings. The van der Waals surface area contributed by atoms with E-state index in [2.05, 4.69) is 26.8 Å². The lowest BCUT2D eigenvalue weighted by Gasteiger charge is -2.58. The predicted molar refractivity (Wildman–Crippen MR) is 129 cm³/mol. The molecule has 8 heteroatoms. The number of rotatable bonds is 6. The highest BCUT2D eigenvalue weighted by Crippen LogP contribution is 2.82. The number of aldehydes is 1. The Labute approximate surface area is 211 Å². The van der Waals surface area contributed by atoms with Gasteiger partial charge >= 0.3 is 11.2 Å². The van der Waals surface area contributed by atoms with E-state index in [4.69, 9.17) is 31.2 Å². The van der Waals surface area contributed by atoms with E-state index in [-0.39, 0.29) is 47.9 Å². The summed E-state index contributed by atoms with van der Waals surface area (Å²) < 4.78 is 23.9. The molecule has 0 aromatic heterocycles. The quantitative estimate of drug-likeness (QED) is 0.328. The van der Waals surface area contributed by atoms with Gasteiger partial charge in [-0.05, 0) is 55.8 Å². The predicted octanol–water partition coefficient (Wildman–Crippen LogP) is 4.13. The molecule has 4 bridgehead atoms. The van der Waals surface area contributed by atoms with Crippen LogP contribution in [0, 0.1) is 45.8 Å². The number of hydrogen-bond acceptors (Lipinski definition) is 7. The van der Waals surface area contributed by atoms with Crippen molar-refractivity contribution >= 4 is 29.7 Å². The van der Waals surface area contributed by atoms with Gasteiger partial charge in [0.2, 0.25) is 0 Å². The van der Waals surface area contributed by atoms with E-state index in [0.717, 1.165) is 31.1 Å². The Morgan fingerprint density at radius 1 is 1.29 bits per heavy atom. The second-order valence-corrected chi connectivity index (χ2v) is 12.6. The van der Waals surface area contributed by atoms with Gasteiger partial charge in [-0.15, -0.1) is 0 Å². The number of ether oxygens (including phenoxy) is 4. The van der Waals surface area contributed by atoms with Crippen LogP contribution in [0.4, 0.5) is 0 Å². The molecule has 192 valence electrons. The number of thiocarbonyl (C=S) groups is 1. The molecular weight excluding hydrogens is 468 g/mol. The standard InChI is InChI=1S/C27H36O7S/c1-13(2)19-7-16-9-25(11-28)18-6-5-14(3)17(18)10-26(16,27(19,25)23(29)30)12-31-21-8-20-22(15(4)32-21)34-24(35)33-20/h7,11,13-18,20-22H,5-6,8-10,12H2,1-4H3,(H,29,30)/t14-,15-,16?,17-,18-,20+,21?,22-,25?,26?,27?/m1/s1. The van der Waals surface area contributed by atoms with E-state index in [1.807, 2.05) is 6.92 Å². The van der Waals surface area contributed by atoms with Gasteiger partial charge in [0.1, 0.15) is 17.8 Å². The third-order valence-electron chi connectivity index (χ3n) is 10.7. The molecule has 0 radical (unpaired) electrons. The summed E-state index contributed by atoms with van der Waals surface area (Å²) in [6, 6.07) is 0. The zero-order chi connectivity index (χ0) is 24.9. The molecular formula is C27H36O7S. The van der Waals surface area contributed by atoms with Crippen molar-refractivity contribution in [2.45, 2.75) is 84.4 Å². The van der Waals surface area contributed by atoms with Gasteiger partial charge in [-0.25, -0.2) is 0 Å². The molecule has 5 unspecified atom stereocenters. The summed E-state index contributed by atoms with van der Waals surface area (Å²) in [4.78, 5) is 26.6. The van der Waals surface area contributed by atoms with Crippen LogP contribution in [0.1, 0.15) is 59.8 Å². The maximum absolute atomic E-state index is 13.5. The van der Waals surface area contributed by atoms with Crippen LogP contribution < -0.4 is 0 Å². The summed E-state index contributed by atoms with van der Waals surface area (Å²) in [5.41, 5.74) is -1.85. The Morgan fingerprint density at radius 3 is 2.74 bits per heavy atom. The number of carbonyl (C=O) groups excluding carboxylic acids is 1. The second-order valence-electron chi connectivity index (χ2n) is 12.3. The first-order chi connectivity index (χ1) is 16.6. The number of hydrogen-bond donors (Lipinski definition) is 1. The van der Waals surface area contributed by atoms with Crippen molar-refractivity contribution in [3.05, 3.63) is 11.6 Å². The molecule has 0 spiro atoms. The maximum atomic E-state index is 13.5. The van der Waals surface area contributed by atoms with E-state index in [0.29, 0.717) is 24.7 Å². The van der Waals surface area contributed by atoms with Crippen molar-refractivity contribution in [2.75, 3.05) is 6.61 Å². The van der Waals surface area contributed by atoms with Crippen LogP contribution in [0.2, 0.25) is 0 Å². The van der Waals surface area contributed by atoms with Crippen LogP contribution in [0.5, 0.6) is 0 Å². The van der Waals surface area contributed by atoms with Gasteiger partial charge in [0.25, 0.3) is 0 Å². The van der Waals surface area contributed by atoms with E-state index in [1.54, 1.807) is 0 Å². The molecule has 2 aliphatic heterocycles. The van der Waals surface area contributed by atoms with Crippen LogP contribution in [-0.2, 0) is 28.5 Å². The molecule has 2 saturated heterocycles. The Balaban J connectivity index is 1.38. The number of carbonyl (C=O) groups is 2. The van der Waals surface area contributed by atoms with Crippen molar-refractivity contribution in [1.29, 1.82) is 0 Å². The number of aliphatic carboxylic acids is 1. The molecule has 3 saturated carbocycles. The Hall–Kier alpha value is -1.51. The van der Waals surface area contributed by atoms with Crippen LogP contribution in [0.15, 0.2) is 11.6 Å². The van der Waals surface area contributed by atoms with Crippen molar-refractivity contribution < 1.29 is 33.6 Å². The second kappa shape index (κ2) is 7.75. The SMILES string of the molecule is CC(C)C1=CC2CC3(C=O)[C@@H]4CC[C@@H](C)[C@H]4CC2(COC2C[C@@H]4OC(=S)O[C@@H]4[C@@H](C)O2)C13C(=O)O. The first-order valence-corrected chi connectivity index (χ1v) is 13.6. The highest BCUT2D eigenvalue weighted by Gasteiger charge is 2.84. The number of fused-ring (bicyclic) bond motifs is 3. The van der Waals surface area contributed by atoms with Gasteiger partial charge in [0.15, 0.2) is 12.4 Å². The highest BCUT2D eigenvalue weighted by molar-refractivity contribution is 7.79. The van der Waals surface area contributed by atoms with Gasteiger partial charge in [0, 0.05) is 24.1 Å². The summed E-state index contributed by atoms with van der Waals surface area (Å²) in [5, 5.41) is 11.2. The average molecular weight is 505 g/mol. The third kappa shape index (κ3) is 2.77. The van der Waals surface area contributed by atoms with Crippen LogP contribution in [0.25, 0.3) is 0 Å². The number of allylic oxidation sites excluding steroid dienone is 1. The van der Waals surface area contributed by atoms with Crippen LogP contribution >= 0.6 is 12.2 Å². The van der Waals surface area contributed by atoms with E-state index >= 15 is 0 Å². The first-order valence-electron chi connectivity index (χ1n) is 13.2. The lowest BCUT2D eigenvalue weighted by Crippen LogP contribution is -2.63. The Morgan fingerprint density at radius 2 is 2.06 bits per heavy atom. The Bertz CT molecular complexity index is 994. The van der Waals surface area contributed by atoms with Crippen LogP contribution in [0.3, 0.4) is 0 Å². The summed E-state index contributed by atoms with van der Waals surface area (Å²) >= 11 is 5.09. The fourth-order valence-electron chi connectivity index (χ4n) is 9.53. The van der Waals surface area contributed by atoms with Crippen LogP contribution in [-0.4, -0.2) is 53.8 Å². The molecule has 5 fully saturated rings. The Kier molecular flexibility index (Phi) is 5.28. The van der Waals surface area contributed by atoms with E-state index in [9.17, 15) is 14.7 Å². The molecule has 6 rings (SSSR count). The molecule has 7 nitrogen and oxygen atoms in total. The summed E-state index contributed by atoms with van der Waals surface area (Å²) in [5.74, 6) is 0.112. The molecule has 11 atom stereocenters. The fraction of sp³-hybridized carbons (Fsp3) is 0.815. The van der Waals surface area contributed by atoms with E-state index in [1.165, 1.54) is 0 Å². The molecule has 1 N–H and O–H groups in total. The van der Waals surface area contributed by atoms with Gasteiger partial charge in [0.05, 0.1) is 18.1 Å². The average Bonchev–Trinajstić information content (AvgIpc) is 3.49. The monoisotopic (exact) mass is 504 g/mol. The normalized spacial score (nSPS) is 51.5. The molecule has 0 aromatic rings. The smallest absolute Gasteiger partial charge is 0.353 e. The molecule has 35 heavy (non-hydrogen) atoms. The summed E-state index contributed by atoms with van der Waals surface area (Å²) in [6.07, 6.45) is 5.80. The van der Waals surface area contributed by atoms with Crippen molar-refractivity contribution in [1.82, 2.24) is 0 Å². The highest BCUT2D eigenvalue weighted by atomic mass is 32.1. The lowest BCUT2D eigenvalue weighted by molar-refractivity contribution is -0.248. The van der Waals surface area contributed by atoms with Gasteiger partial charge in [-0.2, -0.15) is 0 Å². The molecule has 0 amide bonds. The van der Waals surface area contributed by atoms with Crippen molar-refractivity contribution in [3.8, 4) is 0 Å². The minimum Gasteiger partial charge on any atom is -0.481 e. The number of carboxylic acid groups (broad SMARTS) is 1. The van der Waals surface area contributed by atoms with Crippen molar-refractivity contribution in [2.24, 2.45) is 45.8 Å². The minimum absolute atomic E-state index is 0.00593. The summed E-state index contributed by atoms with van der Waals surface area (Å²) in [6.45, 7) is 8.55. The minimum atomic E-state index is -1.23. The van der Waals surface area contributed by atoms with E-state index < -0.39 is 28.5 Å². The fourth-order valence-corrected chi connectivity index (χ4v) is 9.77. The third-order valence-corrected chi connectivity index (χ3v) is 10.9. The van der Waals surface area contributed by atoms with Gasteiger partial charge in [-0.1, -0.05) is 38.8 Å². The topological polar surface area (TPSA) is 91.3 Å². The molecule has 2 heterocycles. The van der Waals surface area contributed by atoms with Crippen molar-refractivity contribution in [3.63, 3.8) is 0 Å². The maximum Gasteiger partial charge on any atom is 0.353 e. The number of carboxylic acids is 1.